The second-order valence-electron chi connectivity index (χ2n) is 6.57. The number of rotatable bonds is 4. The third kappa shape index (κ3) is 4.16. The second-order valence-corrected chi connectivity index (χ2v) is 6.57. The zero-order valence-electron chi connectivity index (χ0n) is 12.6. The van der Waals surface area contributed by atoms with Gasteiger partial charge in [-0.05, 0) is 30.4 Å². The van der Waals surface area contributed by atoms with Gasteiger partial charge < -0.3 is 10.2 Å². The van der Waals surface area contributed by atoms with Crippen LogP contribution in [0.4, 0.5) is 5.82 Å². The number of anilines is 1. The van der Waals surface area contributed by atoms with Crippen molar-refractivity contribution in [1.29, 1.82) is 0 Å². The van der Waals surface area contributed by atoms with Crippen LogP contribution in [0.1, 0.15) is 46.2 Å². The minimum absolute atomic E-state index is 0.477. The molecule has 0 radical (unpaired) electrons. The van der Waals surface area contributed by atoms with Crippen LogP contribution in [0.3, 0.4) is 0 Å². The zero-order valence-corrected chi connectivity index (χ0v) is 12.6. The number of piperidine rings is 1. The van der Waals surface area contributed by atoms with Crippen molar-refractivity contribution in [3.63, 3.8) is 0 Å². The summed E-state index contributed by atoms with van der Waals surface area (Å²) in [6.07, 6.45) is 2.46. The molecule has 1 N–H and O–H groups in total. The highest BCUT2D eigenvalue weighted by Gasteiger charge is 2.25. The largest absolute Gasteiger partial charge is 0.355 e. The fourth-order valence-electron chi connectivity index (χ4n) is 2.27. The van der Waals surface area contributed by atoms with Gasteiger partial charge in [0.05, 0.1) is 5.69 Å². The van der Waals surface area contributed by atoms with Gasteiger partial charge in [0.25, 0.3) is 0 Å². The Labute approximate surface area is 116 Å². The summed E-state index contributed by atoms with van der Waals surface area (Å²) in [5.74, 6) is 1.02. The van der Waals surface area contributed by atoms with Crippen molar-refractivity contribution in [3.8, 4) is 0 Å². The molecule has 0 amide bonds. The molecular weight excluding hydrogens is 236 g/mol. The van der Waals surface area contributed by atoms with E-state index in [0.29, 0.717) is 11.5 Å². The molecule has 19 heavy (non-hydrogen) atoms. The van der Waals surface area contributed by atoms with Crippen LogP contribution in [0, 0.1) is 5.41 Å². The van der Waals surface area contributed by atoms with Crippen LogP contribution in [0.2, 0.25) is 0 Å². The van der Waals surface area contributed by atoms with Gasteiger partial charge in [0.1, 0.15) is 0 Å². The average molecular weight is 262 g/mol. The fraction of sp³-hybridized carbons (Fsp3) is 0.733. The third-order valence-electron chi connectivity index (χ3n) is 3.84. The number of nitrogens with zero attached hydrogens (tertiary/aromatic N) is 3. The van der Waals surface area contributed by atoms with Crippen LogP contribution in [-0.2, 0) is 6.54 Å². The quantitative estimate of drug-likeness (QED) is 0.905. The third-order valence-corrected chi connectivity index (χ3v) is 3.84. The van der Waals surface area contributed by atoms with Gasteiger partial charge in [-0.3, -0.25) is 0 Å². The molecule has 1 aromatic rings. The lowest BCUT2D eigenvalue weighted by Gasteiger charge is -2.37. The van der Waals surface area contributed by atoms with Gasteiger partial charge in [-0.2, -0.15) is 5.10 Å². The summed E-state index contributed by atoms with van der Waals surface area (Å²) in [5.41, 5.74) is 1.49. The van der Waals surface area contributed by atoms with Crippen molar-refractivity contribution in [2.45, 2.75) is 53.1 Å². The van der Waals surface area contributed by atoms with E-state index in [2.05, 4.69) is 60.2 Å². The summed E-state index contributed by atoms with van der Waals surface area (Å²) in [6, 6.07) is 4.66. The number of hydrogen-bond acceptors (Lipinski definition) is 4. The minimum Gasteiger partial charge on any atom is -0.355 e. The highest BCUT2D eigenvalue weighted by atomic mass is 15.3. The SMILES string of the molecule is CC(C)NCc1ccc(N2CCC(C)(C)CC2)nn1. The van der Waals surface area contributed by atoms with Gasteiger partial charge in [0, 0.05) is 25.7 Å². The van der Waals surface area contributed by atoms with Crippen molar-refractivity contribution in [2.75, 3.05) is 18.0 Å². The molecule has 1 aromatic heterocycles. The van der Waals surface area contributed by atoms with E-state index in [1.807, 2.05) is 0 Å². The van der Waals surface area contributed by atoms with Gasteiger partial charge in [0.15, 0.2) is 5.82 Å². The van der Waals surface area contributed by atoms with Crippen LogP contribution in [0.25, 0.3) is 0 Å². The Kier molecular flexibility index (Phi) is 4.40. The van der Waals surface area contributed by atoms with E-state index >= 15 is 0 Å². The molecule has 0 aromatic carbocycles. The molecule has 0 aliphatic carbocycles. The molecule has 0 saturated carbocycles. The van der Waals surface area contributed by atoms with Crippen molar-refractivity contribution >= 4 is 5.82 Å². The molecule has 1 fully saturated rings. The predicted octanol–water partition coefficient (Wildman–Crippen LogP) is 2.60. The van der Waals surface area contributed by atoms with Gasteiger partial charge in [-0.15, -0.1) is 5.10 Å². The normalized spacial score (nSPS) is 18.9. The zero-order chi connectivity index (χ0) is 13.9. The van der Waals surface area contributed by atoms with Crippen LogP contribution in [0.15, 0.2) is 12.1 Å². The van der Waals surface area contributed by atoms with Crippen molar-refractivity contribution in [1.82, 2.24) is 15.5 Å². The predicted molar refractivity (Wildman–Crippen MR) is 79.2 cm³/mol. The fourth-order valence-corrected chi connectivity index (χ4v) is 2.27. The summed E-state index contributed by atoms with van der Waals surface area (Å²) >= 11 is 0. The van der Waals surface area contributed by atoms with E-state index in [4.69, 9.17) is 0 Å². The Morgan fingerprint density at radius 1 is 1.21 bits per heavy atom. The van der Waals surface area contributed by atoms with E-state index in [9.17, 15) is 0 Å². The summed E-state index contributed by atoms with van der Waals surface area (Å²) in [7, 11) is 0. The Balaban J connectivity index is 1.92. The summed E-state index contributed by atoms with van der Waals surface area (Å²) in [6.45, 7) is 11.9. The van der Waals surface area contributed by atoms with E-state index in [0.717, 1.165) is 31.1 Å². The number of hydrogen-bond donors (Lipinski definition) is 1. The Hall–Kier alpha value is -1.16. The lowest BCUT2D eigenvalue weighted by atomic mass is 9.83. The van der Waals surface area contributed by atoms with Crippen LogP contribution < -0.4 is 10.2 Å². The van der Waals surface area contributed by atoms with Crippen molar-refractivity contribution in [2.24, 2.45) is 5.41 Å². The number of nitrogens with one attached hydrogen (secondary N) is 1. The van der Waals surface area contributed by atoms with Gasteiger partial charge >= 0.3 is 0 Å². The smallest absolute Gasteiger partial charge is 0.151 e. The molecule has 1 aliphatic rings. The lowest BCUT2D eigenvalue weighted by Crippen LogP contribution is -2.37. The molecule has 4 nitrogen and oxygen atoms in total. The molecule has 1 aliphatic heterocycles. The maximum absolute atomic E-state index is 4.36. The van der Waals surface area contributed by atoms with Gasteiger partial charge in [-0.25, -0.2) is 0 Å². The molecule has 2 heterocycles. The Bertz CT molecular complexity index is 387. The van der Waals surface area contributed by atoms with Crippen LogP contribution in [0.5, 0.6) is 0 Å². The number of aromatic nitrogens is 2. The molecule has 0 bridgehead atoms. The minimum atomic E-state index is 0.477. The lowest BCUT2D eigenvalue weighted by molar-refractivity contribution is 0.279. The first-order valence-electron chi connectivity index (χ1n) is 7.27. The first-order valence-corrected chi connectivity index (χ1v) is 7.27. The first-order chi connectivity index (χ1) is 8.96. The highest BCUT2D eigenvalue weighted by molar-refractivity contribution is 5.37. The molecule has 0 unspecified atom stereocenters. The Morgan fingerprint density at radius 2 is 1.89 bits per heavy atom. The Morgan fingerprint density at radius 3 is 2.42 bits per heavy atom. The van der Waals surface area contributed by atoms with Gasteiger partial charge in [-0.1, -0.05) is 27.7 Å². The van der Waals surface area contributed by atoms with Gasteiger partial charge in [0.2, 0.25) is 0 Å². The van der Waals surface area contributed by atoms with Crippen molar-refractivity contribution in [3.05, 3.63) is 17.8 Å². The maximum atomic E-state index is 4.36. The molecule has 106 valence electrons. The molecule has 4 heteroatoms. The van der Waals surface area contributed by atoms with Crippen LogP contribution in [-0.4, -0.2) is 29.3 Å². The molecule has 0 spiro atoms. The highest BCUT2D eigenvalue weighted by Crippen LogP contribution is 2.31. The average Bonchev–Trinajstić information content (AvgIpc) is 2.37. The van der Waals surface area contributed by atoms with Crippen LogP contribution >= 0.6 is 0 Å². The molecule has 1 saturated heterocycles. The summed E-state index contributed by atoms with van der Waals surface area (Å²) in [4.78, 5) is 2.35. The summed E-state index contributed by atoms with van der Waals surface area (Å²) in [5, 5.41) is 12.0. The maximum Gasteiger partial charge on any atom is 0.151 e. The molecule has 2 rings (SSSR count). The molecular formula is C15H26N4. The van der Waals surface area contributed by atoms with E-state index in [1.165, 1.54) is 12.8 Å². The van der Waals surface area contributed by atoms with Crippen molar-refractivity contribution < 1.29 is 0 Å². The molecule has 0 atom stereocenters. The summed E-state index contributed by atoms with van der Waals surface area (Å²) < 4.78 is 0. The monoisotopic (exact) mass is 262 g/mol. The topological polar surface area (TPSA) is 41.0 Å². The van der Waals surface area contributed by atoms with E-state index < -0.39 is 0 Å². The second kappa shape index (κ2) is 5.87. The van der Waals surface area contributed by atoms with E-state index in [1.54, 1.807) is 0 Å². The van der Waals surface area contributed by atoms with E-state index in [-0.39, 0.29) is 0 Å². The standard InChI is InChI=1S/C15H26N4/c1-12(2)16-11-13-5-6-14(18-17-13)19-9-7-15(3,4)8-10-19/h5-6,12,16H,7-11H2,1-4H3. The first kappa shape index (κ1) is 14.3.